The van der Waals surface area contributed by atoms with E-state index in [9.17, 15) is 4.79 Å². The van der Waals surface area contributed by atoms with Crippen LogP contribution in [0.15, 0.2) is 30.3 Å². The Bertz CT molecular complexity index is 620. The Morgan fingerprint density at radius 2 is 2.00 bits per heavy atom. The molecule has 1 aromatic carbocycles. The highest BCUT2D eigenvalue weighted by molar-refractivity contribution is 5.99. The summed E-state index contributed by atoms with van der Waals surface area (Å²) >= 11 is 0. The molecule has 0 atom stereocenters. The van der Waals surface area contributed by atoms with Crippen LogP contribution in [0.4, 0.5) is 0 Å². The Kier molecular flexibility index (Phi) is 2.76. The fourth-order valence-electron chi connectivity index (χ4n) is 2.28. The molecular weight excluding hydrogens is 214 g/mol. The molecule has 2 rings (SSSR count). The number of benzene rings is 1. The van der Waals surface area contributed by atoms with Crippen LogP contribution in [-0.2, 0) is 11.8 Å². The number of hydrogen-bond acceptors (Lipinski definition) is 1. The zero-order valence-corrected chi connectivity index (χ0v) is 10.2. The number of aliphatic carboxylic acids is 1. The van der Waals surface area contributed by atoms with E-state index in [4.69, 9.17) is 5.11 Å². The number of para-hydroxylation sites is 1. The van der Waals surface area contributed by atoms with Crippen LogP contribution in [0.2, 0.25) is 0 Å². The molecule has 0 saturated carbocycles. The number of aromatic nitrogens is 1. The van der Waals surface area contributed by atoms with Gasteiger partial charge >= 0.3 is 5.97 Å². The summed E-state index contributed by atoms with van der Waals surface area (Å²) in [6.07, 6.45) is 1.26. The van der Waals surface area contributed by atoms with Crippen molar-refractivity contribution in [1.82, 2.24) is 4.57 Å². The molecule has 17 heavy (non-hydrogen) atoms. The molecule has 0 bridgehead atoms. The SMILES string of the molecule is C/C(=C\C(=O)O)c1c(C)n(C)c2ccccc12. The molecule has 0 aliphatic carbocycles. The quantitative estimate of drug-likeness (QED) is 0.804. The van der Waals surface area contributed by atoms with Gasteiger partial charge in [0.1, 0.15) is 0 Å². The third kappa shape index (κ3) is 1.84. The van der Waals surface area contributed by atoms with Crippen LogP contribution >= 0.6 is 0 Å². The molecule has 2 aromatic rings. The zero-order valence-electron chi connectivity index (χ0n) is 10.2. The molecule has 1 N–H and O–H groups in total. The molecule has 0 radical (unpaired) electrons. The van der Waals surface area contributed by atoms with Crippen LogP contribution < -0.4 is 0 Å². The number of carboxylic acids is 1. The standard InChI is InChI=1S/C14H15NO2/c1-9(8-13(16)17)14-10(2)15(3)12-7-5-4-6-11(12)14/h4-8H,1-3H3,(H,16,17)/b9-8+. The minimum Gasteiger partial charge on any atom is -0.478 e. The molecule has 0 spiro atoms. The van der Waals surface area contributed by atoms with Crippen molar-refractivity contribution >= 4 is 22.4 Å². The highest BCUT2D eigenvalue weighted by atomic mass is 16.4. The van der Waals surface area contributed by atoms with Gasteiger partial charge in [0.05, 0.1) is 0 Å². The number of fused-ring (bicyclic) bond motifs is 1. The van der Waals surface area contributed by atoms with Crippen molar-refractivity contribution in [3.8, 4) is 0 Å². The molecule has 3 nitrogen and oxygen atoms in total. The number of rotatable bonds is 2. The molecule has 0 aliphatic heterocycles. The first-order valence-electron chi connectivity index (χ1n) is 5.48. The first-order valence-corrected chi connectivity index (χ1v) is 5.48. The molecule has 88 valence electrons. The highest BCUT2D eigenvalue weighted by Crippen LogP contribution is 2.30. The summed E-state index contributed by atoms with van der Waals surface area (Å²) in [5, 5.41) is 9.93. The van der Waals surface area contributed by atoms with Gasteiger partial charge in [0.15, 0.2) is 0 Å². The Balaban J connectivity index is 2.78. The lowest BCUT2D eigenvalue weighted by Crippen LogP contribution is -1.93. The number of aryl methyl sites for hydroxylation is 1. The minimum atomic E-state index is -0.908. The van der Waals surface area contributed by atoms with Gasteiger partial charge in [0.2, 0.25) is 0 Å². The third-order valence-electron chi connectivity index (χ3n) is 3.13. The largest absolute Gasteiger partial charge is 0.478 e. The summed E-state index contributed by atoms with van der Waals surface area (Å²) in [7, 11) is 2.00. The van der Waals surface area contributed by atoms with E-state index in [1.165, 1.54) is 6.08 Å². The van der Waals surface area contributed by atoms with Crippen LogP contribution in [0.1, 0.15) is 18.2 Å². The Labute approximate surface area is 100.0 Å². The van der Waals surface area contributed by atoms with E-state index in [0.717, 1.165) is 27.7 Å². The molecular formula is C14H15NO2. The third-order valence-corrected chi connectivity index (χ3v) is 3.13. The van der Waals surface area contributed by atoms with Crippen LogP contribution in [0, 0.1) is 6.92 Å². The predicted molar refractivity (Wildman–Crippen MR) is 68.9 cm³/mol. The van der Waals surface area contributed by atoms with Crippen molar-refractivity contribution in [3.63, 3.8) is 0 Å². The van der Waals surface area contributed by atoms with Gasteiger partial charge in [-0.25, -0.2) is 4.79 Å². The summed E-state index contributed by atoms with van der Waals surface area (Å²) in [6, 6.07) is 8.03. The van der Waals surface area contributed by atoms with Crippen molar-refractivity contribution in [2.24, 2.45) is 7.05 Å². The topological polar surface area (TPSA) is 42.2 Å². The zero-order chi connectivity index (χ0) is 12.6. The number of nitrogens with zero attached hydrogens (tertiary/aromatic N) is 1. The smallest absolute Gasteiger partial charge is 0.328 e. The second-order valence-electron chi connectivity index (χ2n) is 4.20. The maximum Gasteiger partial charge on any atom is 0.328 e. The van der Waals surface area contributed by atoms with E-state index >= 15 is 0 Å². The summed E-state index contributed by atoms with van der Waals surface area (Å²) in [4.78, 5) is 10.8. The fourth-order valence-corrected chi connectivity index (χ4v) is 2.28. The summed E-state index contributed by atoms with van der Waals surface area (Å²) in [6.45, 7) is 3.84. The number of carboxylic acid groups (broad SMARTS) is 1. The molecule has 1 heterocycles. The van der Waals surface area contributed by atoms with Crippen molar-refractivity contribution in [3.05, 3.63) is 41.6 Å². The van der Waals surface area contributed by atoms with E-state index in [2.05, 4.69) is 4.57 Å². The monoisotopic (exact) mass is 229 g/mol. The van der Waals surface area contributed by atoms with Crippen molar-refractivity contribution in [1.29, 1.82) is 0 Å². The van der Waals surface area contributed by atoms with Gasteiger partial charge in [0, 0.05) is 35.3 Å². The van der Waals surface area contributed by atoms with Gasteiger partial charge in [-0.1, -0.05) is 18.2 Å². The Morgan fingerprint density at radius 3 is 2.65 bits per heavy atom. The Hall–Kier alpha value is -2.03. The number of carbonyl (C=O) groups is 1. The average Bonchev–Trinajstić information content (AvgIpc) is 2.51. The summed E-state index contributed by atoms with van der Waals surface area (Å²) in [5.41, 5.74) is 4.01. The number of allylic oxidation sites excluding steroid dienone is 1. The van der Waals surface area contributed by atoms with E-state index in [1.807, 2.05) is 45.2 Å². The highest BCUT2D eigenvalue weighted by Gasteiger charge is 2.13. The molecule has 0 saturated heterocycles. The van der Waals surface area contributed by atoms with Gasteiger partial charge < -0.3 is 9.67 Å². The lowest BCUT2D eigenvalue weighted by atomic mass is 10.0. The molecule has 3 heteroatoms. The first-order chi connectivity index (χ1) is 8.02. The lowest BCUT2D eigenvalue weighted by Gasteiger charge is -2.01. The second kappa shape index (κ2) is 4.09. The molecule has 0 unspecified atom stereocenters. The summed E-state index contributed by atoms with van der Waals surface area (Å²) < 4.78 is 2.09. The van der Waals surface area contributed by atoms with E-state index in [-0.39, 0.29) is 0 Å². The Morgan fingerprint density at radius 1 is 1.35 bits per heavy atom. The van der Waals surface area contributed by atoms with Crippen LogP contribution in [0.25, 0.3) is 16.5 Å². The molecule has 0 amide bonds. The van der Waals surface area contributed by atoms with Gasteiger partial charge in [-0.2, -0.15) is 0 Å². The van der Waals surface area contributed by atoms with Gasteiger partial charge in [0.25, 0.3) is 0 Å². The van der Waals surface area contributed by atoms with E-state index < -0.39 is 5.97 Å². The lowest BCUT2D eigenvalue weighted by molar-refractivity contribution is -0.131. The van der Waals surface area contributed by atoms with Gasteiger partial charge in [-0.05, 0) is 25.5 Å². The minimum absolute atomic E-state index is 0.784. The predicted octanol–water partition coefficient (Wildman–Crippen LogP) is 2.97. The van der Waals surface area contributed by atoms with Crippen LogP contribution in [0.5, 0.6) is 0 Å². The maximum absolute atomic E-state index is 10.8. The molecule has 0 aliphatic rings. The van der Waals surface area contributed by atoms with E-state index in [0.29, 0.717) is 0 Å². The van der Waals surface area contributed by atoms with Gasteiger partial charge in [-0.3, -0.25) is 0 Å². The fraction of sp³-hybridized carbons (Fsp3) is 0.214. The van der Waals surface area contributed by atoms with Crippen molar-refractivity contribution in [2.45, 2.75) is 13.8 Å². The number of hydrogen-bond donors (Lipinski definition) is 1. The van der Waals surface area contributed by atoms with Crippen LogP contribution in [0.3, 0.4) is 0 Å². The maximum atomic E-state index is 10.8. The van der Waals surface area contributed by atoms with Crippen LogP contribution in [-0.4, -0.2) is 15.6 Å². The first kappa shape index (κ1) is 11.5. The molecule has 0 fully saturated rings. The second-order valence-corrected chi connectivity index (χ2v) is 4.20. The van der Waals surface area contributed by atoms with Crippen molar-refractivity contribution in [2.75, 3.05) is 0 Å². The average molecular weight is 229 g/mol. The van der Waals surface area contributed by atoms with E-state index in [1.54, 1.807) is 0 Å². The van der Waals surface area contributed by atoms with Crippen molar-refractivity contribution < 1.29 is 9.90 Å². The normalized spacial score (nSPS) is 12.1. The molecule has 1 aromatic heterocycles. The van der Waals surface area contributed by atoms with Gasteiger partial charge in [-0.15, -0.1) is 0 Å². The summed E-state index contributed by atoms with van der Waals surface area (Å²) in [5.74, 6) is -0.908.